The van der Waals surface area contributed by atoms with Crippen LogP contribution in [0.3, 0.4) is 0 Å². The van der Waals surface area contributed by atoms with Gasteiger partial charge >= 0.3 is 0 Å². The van der Waals surface area contributed by atoms with Crippen molar-refractivity contribution in [2.75, 3.05) is 44.4 Å². The van der Waals surface area contributed by atoms with Crippen molar-refractivity contribution in [2.24, 2.45) is 0 Å². The van der Waals surface area contributed by atoms with Gasteiger partial charge in [0.15, 0.2) is 0 Å². The van der Waals surface area contributed by atoms with E-state index in [9.17, 15) is 0 Å². The molecule has 1 N–H and O–H groups in total. The number of nitrogens with zero attached hydrogens (tertiary/aromatic N) is 1. The monoisotopic (exact) mass is 251 g/mol. The van der Waals surface area contributed by atoms with E-state index >= 15 is 0 Å². The number of aliphatic hydroxyl groups is 1. The van der Waals surface area contributed by atoms with Gasteiger partial charge in [-0.2, -0.15) is 0 Å². The molecule has 100 valence electrons. The highest BCUT2D eigenvalue weighted by Gasteiger charge is 2.11. The molecule has 0 amide bonds. The molecular formula is C14H21NO3. The number of benzene rings is 1. The quantitative estimate of drug-likeness (QED) is 0.781. The van der Waals surface area contributed by atoms with E-state index in [0.29, 0.717) is 6.61 Å². The highest BCUT2D eigenvalue weighted by atomic mass is 16.5. The van der Waals surface area contributed by atoms with Crippen molar-refractivity contribution in [3.63, 3.8) is 0 Å². The van der Waals surface area contributed by atoms with E-state index in [4.69, 9.17) is 14.6 Å². The van der Waals surface area contributed by atoms with E-state index in [1.165, 1.54) is 5.69 Å². The average molecular weight is 251 g/mol. The predicted molar refractivity (Wildman–Crippen MR) is 71.3 cm³/mol. The number of aliphatic hydroxyl groups excluding tert-OH is 1. The summed E-state index contributed by atoms with van der Waals surface area (Å²) in [5.74, 6) is 0.900. The van der Waals surface area contributed by atoms with Gasteiger partial charge < -0.3 is 19.5 Å². The smallest absolute Gasteiger partial charge is 0.121 e. The number of morpholine rings is 1. The third-order valence-electron chi connectivity index (χ3n) is 3.02. The number of hydrogen-bond donors (Lipinski definition) is 1. The lowest BCUT2D eigenvalue weighted by Crippen LogP contribution is -2.36. The Morgan fingerprint density at radius 3 is 2.83 bits per heavy atom. The van der Waals surface area contributed by atoms with Crippen molar-refractivity contribution >= 4 is 5.69 Å². The Bertz CT molecular complexity index is 351. The van der Waals surface area contributed by atoms with Crippen LogP contribution in [0.25, 0.3) is 0 Å². The second-order valence-electron chi connectivity index (χ2n) is 4.38. The standard InChI is InChI=1S/C14H21NO3/c16-8-1-2-9-18-14-5-3-4-13(12-14)15-6-10-17-11-7-15/h3-5,12,16H,1-2,6-11H2. The van der Waals surface area contributed by atoms with Crippen LogP contribution in [0, 0.1) is 0 Å². The lowest BCUT2D eigenvalue weighted by Gasteiger charge is -2.29. The number of hydrogen-bond acceptors (Lipinski definition) is 4. The van der Waals surface area contributed by atoms with Gasteiger partial charge in [0.05, 0.1) is 19.8 Å². The topological polar surface area (TPSA) is 41.9 Å². The van der Waals surface area contributed by atoms with E-state index in [-0.39, 0.29) is 6.61 Å². The summed E-state index contributed by atoms with van der Waals surface area (Å²) in [5.41, 5.74) is 1.19. The molecular weight excluding hydrogens is 230 g/mol. The van der Waals surface area contributed by atoms with Crippen LogP contribution in [0.5, 0.6) is 5.75 Å². The molecule has 0 radical (unpaired) electrons. The fraction of sp³-hybridized carbons (Fsp3) is 0.571. The van der Waals surface area contributed by atoms with E-state index in [1.807, 2.05) is 12.1 Å². The minimum atomic E-state index is 0.233. The Morgan fingerprint density at radius 1 is 1.22 bits per heavy atom. The summed E-state index contributed by atoms with van der Waals surface area (Å²) in [4.78, 5) is 2.31. The first-order valence-corrected chi connectivity index (χ1v) is 6.56. The molecule has 0 atom stereocenters. The fourth-order valence-electron chi connectivity index (χ4n) is 2.00. The third-order valence-corrected chi connectivity index (χ3v) is 3.02. The zero-order valence-corrected chi connectivity index (χ0v) is 10.7. The van der Waals surface area contributed by atoms with Crippen LogP contribution in [0.1, 0.15) is 12.8 Å². The first-order chi connectivity index (χ1) is 8.90. The Morgan fingerprint density at radius 2 is 2.06 bits per heavy atom. The summed E-state index contributed by atoms with van der Waals surface area (Å²) in [6, 6.07) is 8.17. The second kappa shape index (κ2) is 7.24. The molecule has 1 aliphatic rings. The van der Waals surface area contributed by atoms with E-state index in [1.54, 1.807) is 0 Å². The molecule has 4 heteroatoms. The molecule has 0 aliphatic carbocycles. The Hall–Kier alpha value is -1.26. The van der Waals surface area contributed by atoms with Crippen molar-refractivity contribution in [1.29, 1.82) is 0 Å². The second-order valence-corrected chi connectivity index (χ2v) is 4.38. The van der Waals surface area contributed by atoms with Gasteiger partial charge in [0.2, 0.25) is 0 Å². The molecule has 0 saturated carbocycles. The molecule has 2 rings (SSSR count). The maximum Gasteiger partial charge on any atom is 0.121 e. The van der Waals surface area contributed by atoms with Crippen molar-refractivity contribution in [1.82, 2.24) is 0 Å². The molecule has 0 aromatic heterocycles. The van der Waals surface area contributed by atoms with Crippen LogP contribution in [-0.2, 0) is 4.74 Å². The van der Waals surface area contributed by atoms with E-state index in [2.05, 4.69) is 17.0 Å². The first-order valence-electron chi connectivity index (χ1n) is 6.56. The molecule has 1 aromatic carbocycles. The van der Waals surface area contributed by atoms with Crippen LogP contribution in [-0.4, -0.2) is 44.6 Å². The highest BCUT2D eigenvalue weighted by Crippen LogP contribution is 2.22. The zero-order valence-electron chi connectivity index (χ0n) is 10.7. The summed E-state index contributed by atoms with van der Waals surface area (Å²) in [6.07, 6.45) is 1.68. The van der Waals surface area contributed by atoms with Crippen molar-refractivity contribution < 1.29 is 14.6 Å². The fourth-order valence-corrected chi connectivity index (χ4v) is 2.00. The average Bonchev–Trinajstić information content (AvgIpc) is 2.45. The van der Waals surface area contributed by atoms with Crippen molar-refractivity contribution in [3.05, 3.63) is 24.3 Å². The van der Waals surface area contributed by atoms with Crippen LogP contribution in [0.4, 0.5) is 5.69 Å². The summed E-state index contributed by atoms with van der Waals surface area (Å²) in [6.45, 7) is 4.36. The van der Waals surface area contributed by atoms with Crippen LogP contribution >= 0.6 is 0 Å². The maximum absolute atomic E-state index is 8.70. The summed E-state index contributed by atoms with van der Waals surface area (Å²) < 4.78 is 11.0. The van der Waals surface area contributed by atoms with Crippen molar-refractivity contribution in [3.8, 4) is 5.75 Å². The lowest BCUT2D eigenvalue weighted by atomic mass is 10.2. The SMILES string of the molecule is OCCCCOc1cccc(N2CCOCC2)c1. The van der Waals surface area contributed by atoms with Gasteiger partial charge in [0, 0.05) is 31.5 Å². The first kappa shape index (κ1) is 13.2. The van der Waals surface area contributed by atoms with Gasteiger partial charge in [0.1, 0.15) is 5.75 Å². The minimum absolute atomic E-state index is 0.233. The molecule has 1 fully saturated rings. The molecule has 1 heterocycles. The van der Waals surface area contributed by atoms with Gasteiger partial charge in [-0.3, -0.25) is 0 Å². The van der Waals surface area contributed by atoms with Gasteiger partial charge in [-0.25, -0.2) is 0 Å². The highest BCUT2D eigenvalue weighted by molar-refractivity contribution is 5.50. The van der Waals surface area contributed by atoms with Crippen molar-refractivity contribution in [2.45, 2.75) is 12.8 Å². The molecule has 0 spiro atoms. The lowest BCUT2D eigenvalue weighted by molar-refractivity contribution is 0.122. The molecule has 0 unspecified atom stereocenters. The number of rotatable bonds is 6. The van der Waals surface area contributed by atoms with E-state index < -0.39 is 0 Å². The molecule has 1 aromatic rings. The summed E-state index contributed by atoms with van der Waals surface area (Å²) in [5, 5.41) is 8.70. The number of unbranched alkanes of at least 4 members (excludes halogenated alkanes) is 1. The van der Waals surface area contributed by atoms with Gasteiger partial charge in [0.25, 0.3) is 0 Å². The Labute approximate surface area is 108 Å². The minimum Gasteiger partial charge on any atom is -0.494 e. The molecule has 4 nitrogen and oxygen atoms in total. The van der Waals surface area contributed by atoms with Gasteiger partial charge in [-0.1, -0.05) is 6.07 Å². The summed E-state index contributed by atoms with van der Waals surface area (Å²) in [7, 11) is 0. The largest absolute Gasteiger partial charge is 0.494 e. The predicted octanol–water partition coefficient (Wildman–Crippen LogP) is 1.67. The van der Waals surface area contributed by atoms with Crippen LogP contribution < -0.4 is 9.64 Å². The molecule has 18 heavy (non-hydrogen) atoms. The summed E-state index contributed by atoms with van der Waals surface area (Å²) >= 11 is 0. The van der Waals surface area contributed by atoms with Crippen LogP contribution in [0.15, 0.2) is 24.3 Å². The molecule has 1 saturated heterocycles. The maximum atomic E-state index is 8.70. The normalized spacial score (nSPS) is 15.7. The molecule has 1 aliphatic heterocycles. The molecule has 0 bridgehead atoms. The van der Waals surface area contributed by atoms with Crippen LogP contribution in [0.2, 0.25) is 0 Å². The van der Waals surface area contributed by atoms with E-state index in [0.717, 1.165) is 44.9 Å². The Balaban J connectivity index is 1.88. The zero-order chi connectivity index (χ0) is 12.6. The number of ether oxygens (including phenoxy) is 2. The third kappa shape index (κ3) is 3.89. The van der Waals surface area contributed by atoms with Gasteiger partial charge in [-0.15, -0.1) is 0 Å². The Kier molecular flexibility index (Phi) is 5.30. The van der Waals surface area contributed by atoms with Gasteiger partial charge in [-0.05, 0) is 25.0 Å². The number of anilines is 1.